The fourth-order valence-electron chi connectivity index (χ4n) is 2.74. The summed E-state index contributed by atoms with van der Waals surface area (Å²) in [6.45, 7) is 1.98. The number of aryl methyl sites for hydroxylation is 2. The van der Waals surface area contributed by atoms with Crippen LogP contribution >= 0.6 is 35.5 Å². The zero-order chi connectivity index (χ0) is 19.9. The van der Waals surface area contributed by atoms with Gasteiger partial charge in [0, 0.05) is 22.2 Å². The molecule has 2 aromatic heterocycles. The smallest absolute Gasteiger partial charge is 0.188 e. The Labute approximate surface area is 191 Å². The summed E-state index contributed by atoms with van der Waals surface area (Å²) in [5, 5.41) is 6.10. The van der Waals surface area contributed by atoms with E-state index in [0.29, 0.717) is 11.6 Å². The lowest BCUT2D eigenvalue weighted by atomic mass is 10.2. The molecule has 0 aliphatic carbocycles. The third kappa shape index (κ3) is 6.23. The summed E-state index contributed by atoms with van der Waals surface area (Å²) in [5.41, 5.74) is 2.32. The number of hydrogen-bond donors (Lipinski definition) is 1. The maximum atomic E-state index is 6.13. The van der Waals surface area contributed by atoms with E-state index in [2.05, 4.69) is 39.6 Å². The molecule has 2 aromatic carbocycles. The van der Waals surface area contributed by atoms with Crippen LogP contribution in [0.5, 0.6) is 11.5 Å². The minimum Gasteiger partial charge on any atom is -0.453 e. The number of para-hydroxylation sites is 1. The van der Waals surface area contributed by atoms with Crippen molar-refractivity contribution in [2.75, 3.05) is 11.1 Å². The average Bonchev–Trinajstić information content (AvgIpc) is 3.16. The first kappa shape index (κ1) is 22.2. The van der Waals surface area contributed by atoms with Gasteiger partial charge in [0.25, 0.3) is 0 Å². The summed E-state index contributed by atoms with van der Waals surface area (Å²) in [6.07, 6.45) is 2.90. The molecule has 4 nitrogen and oxygen atoms in total. The summed E-state index contributed by atoms with van der Waals surface area (Å²) in [4.78, 5) is 10.2. The molecule has 0 bridgehead atoms. The summed E-state index contributed by atoms with van der Waals surface area (Å²) < 4.78 is 6.13. The van der Waals surface area contributed by atoms with Gasteiger partial charge in [-0.05, 0) is 37.1 Å². The fraction of sp³-hybridized carbons (Fsp3) is 0.130. The number of hydrogen-bond acceptors (Lipinski definition) is 6. The summed E-state index contributed by atoms with van der Waals surface area (Å²) in [6, 6.07) is 22.3. The molecule has 0 unspecified atom stereocenters. The molecule has 0 amide bonds. The standard InChI is InChI=1S/C23H21N3OS2.ClH/c1-17-16-29-23(25-17)26-22-21(27-19-10-6-3-7-11-19)14-20(15-24-22)28-13-12-18-8-4-2-5-9-18;/h2-11,14-16H,12-13H2,1H3,(H,24,25,26);1H. The maximum absolute atomic E-state index is 6.13. The van der Waals surface area contributed by atoms with Crippen molar-refractivity contribution in [1.82, 2.24) is 9.97 Å². The van der Waals surface area contributed by atoms with Gasteiger partial charge in [-0.3, -0.25) is 0 Å². The summed E-state index contributed by atoms with van der Waals surface area (Å²) >= 11 is 3.33. The molecule has 0 radical (unpaired) electrons. The van der Waals surface area contributed by atoms with Crippen molar-refractivity contribution in [1.29, 1.82) is 0 Å². The lowest BCUT2D eigenvalue weighted by Gasteiger charge is -2.12. The second-order valence-corrected chi connectivity index (χ2v) is 8.46. The lowest BCUT2D eigenvalue weighted by Crippen LogP contribution is -1.98. The van der Waals surface area contributed by atoms with Gasteiger partial charge in [0.15, 0.2) is 16.7 Å². The Kier molecular flexibility index (Phi) is 8.13. The zero-order valence-corrected chi connectivity index (χ0v) is 18.9. The van der Waals surface area contributed by atoms with Crippen LogP contribution in [0.15, 0.2) is 83.2 Å². The molecule has 0 aliphatic rings. The number of nitrogens with one attached hydrogen (secondary N) is 1. The number of thioether (sulfide) groups is 1. The highest BCUT2D eigenvalue weighted by Gasteiger charge is 2.11. The SMILES string of the molecule is Cc1csc(Nc2ncc(SCCc3ccccc3)cc2Oc2ccccc2)n1.Cl. The van der Waals surface area contributed by atoms with Crippen LogP contribution in [0, 0.1) is 6.92 Å². The molecule has 0 saturated carbocycles. The number of benzene rings is 2. The molecule has 154 valence electrons. The number of nitrogens with zero attached hydrogens (tertiary/aromatic N) is 2. The van der Waals surface area contributed by atoms with E-state index in [1.165, 1.54) is 5.56 Å². The molecular weight excluding hydrogens is 434 g/mol. The molecule has 7 heteroatoms. The Balaban J connectivity index is 0.00000256. The van der Waals surface area contributed by atoms with E-state index in [9.17, 15) is 0 Å². The minimum atomic E-state index is 0. The molecule has 0 aliphatic heterocycles. The average molecular weight is 456 g/mol. The first-order valence-electron chi connectivity index (χ1n) is 9.35. The zero-order valence-electron chi connectivity index (χ0n) is 16.4. The molecular formula is C23H22ClN3OS2. The van der Waals surface area contributed by atoms with Crippen LogP contribution < -0.4 is 10.1 Å². The molecule has 4 aromatic rings. The van der Waals surface area contributed by atoms with Gasteiger partial charge in [-0.2, -0.15) is 0 Å². The van der Waals surface area contributed by atoms with Crippen molar-refractivity contribution in [2.45, 2.75) is 18.2 Å². The first-order valence-corrected chi connectivity index (χ1v) is 11.2. The van der Waals surface area contributed by atoms with Crippen LogP contribution in [-0.4, -0.2) is 15.7 Å². The van der Waals surface area contributed by atoms with Crippen LogP contribution in [0.4, 0.5) is 10.9 Å². The van der Waals surface area contributed by atoms with Gasteiger partial charge in [-0.25, -0.2) is 9.97 Å². The van der Waals surface area contributed by atoms with Gasteiger partial charge in [0.1, 0.15) is 5.75 Å². The highest BCUT2D eigenvalue weighted by atomic mass is 35.5. The van der Waals surface area contributed by atoms with Crippen molar-refractivity contribution in [3.05, 3.63) is 89.6 Å². The van der Waals surface area contributed by atoms with Gasteiger partial charge in [-0.1, -0.05) is 48.5 Å². The number of aromatic nitrogens is 2. The second kappa shape index (κ2) is 11.0. The van der Waals surface area contributed by atoms with E-state index in [0.717, 1.165) is 33.6 Å². The van der Waals surface area contributed by atoms with E-state index >= 15 is 0 Å². The monoisotopic (exact) mass is 455 g/mol. The van der Waals surface area contributed by atoms with Crippen LogP contribution in [-0.2, 0) is 6.42 Å². The Morgan fingerprint density at radius 1 is 1.03 bits per heavy atom. The van der Waals surface area contributed by atoms with Crippen LogP contribution in [0.3, 0.4) is 0 Å². The Morgan fingerprint density at radius 2 is 1.77 bits per heavy atom. The number of halogens is 1. The quantitative estimate of drug-likeness (QED) is 0.286. The summed E-state index contributed by atoms with van der Waals surface area (Å²) in [7, 11) is 0. The van der Waals surface area contributed by atoms with Crippen molar-refractivity contribution in [3.8, 4) is 11.5 Å². The van der Waals surface area contributed by atoms with Crippen LogP contribution in [0.2, 0.25) is 0 Å². The van der Waals surface area contributed by atoms with Gasteiger partial charge in [0.2, 0.25) is 0 Å². The van der Waals surface area contributed by atoms with Crippen molar-refractivity contribution >= 4 is 46.5 Å². The molecule has 4 rings (SSSR count). The van der Waals surface area contributed by atoms with Crippen LogP contribution in [0.25, 0.3) is 0 Å². The van der Waals surface area contributed by atoms with Gasteiger partial charge >= 0.3 is 0 Å². The number of rotatable bonds is 8. The number of thiazole rings is 1. The molecule has 1 N–H and O–H groups in total. The van der Waals surface area contributed by atoms with E-state index < -0.39 is 0 Å². The minimum absolute atomic E-state index is 0. The number of ether oxygens (including phenoxy) is 1. The third-order valence-corrected chi connectivity index (χ3v) is 5.99. The molecule has 0 spiro atoms. The second-order valence-electron chi connectivity index (χ2n) is 6.44. The highest BCUT2D eigenvalue weighted by Crippen LogP contribution is 2.34. The van der Waals surface area contributed by atoms with Crippen molar-refractivity contribution in [2.24, 2.45) is 0 Å². The lowest BCUT2D eigenvalue weighted by molar-refractivity contribution is 0.481. The van der Waals surface area contributed by atoms with E-state index in [1.807, 2.05) is 61.0 Å². The molecule has 0 saturated heterocycles. The van der Waals surface area contributed by atoms with Gasteiger partial charge < -0.3 is 10.1 Å². The summed E-state index contributed by atoms with van der Waals surface area (Å²) in [5.74, 6) is 3.11. The Hall–Kier alpha value is -2.54. The first-order chi connectivity index (χ1) is 14.3. The predicted molar refractivity (Wildman–Crippen MR) is 129 cm³/mol. The number of anilines is 2. The van der Waals surface area contributed by atoms with Gasteiger partial charge in [-0.15, -0.1) is 35.5 Å². The molecule has 30 heavy (non-hydrogen) atoms. The van der Waals surface area contributed by atoms with E-state index in [-0.39, 0.29) is 12.4 Å². The molecule has 0 atom stereocenters. The van der Waals surface area contributed by atoms with E-state index in [1.54, 1.807) is 23.1 Å². The largest absolute Gasteiger partial charge is 0.453 e. The maximum Gasteiger partial charge on any atom is 0.188 e. The van der Waals surface area contributed by atoms with Crippen LogP contribution in [0.1, 0.15) is 11.3 Å². The number of pyridine rings is 1. The van der Waals surface area contributed by atoms with Gasteiger partial charge in [0.05, 0.1) is 5.69 Å². The van der Waals surface area contributed by atoms with E-state index in [4.69, 9.17) is 4.74 Å². The molecule has 0 fully saturated rings. The molecule has 2 heterocycles. The van der Waals surface area contributed by atoms with Crippen molar-refractivity contribution in [3.63, 3.8) is 0 Å². The van der Waals surface area contributed by atoms with Crippen molar-refractivity contribution < 1.29 is 4.74 Å². The normalized spacial score (nSPS) is 10.3. The third-order valence-electron chi connectivity index (χ3n) is 4.15. The Morgan fingerprint density at radius 3 is 2.47 bits per heavy atom. The Bertz CT molecular complexity index is 1060. The highest BCUT2D eigenvalue weighted by molar-refractivity contribution is 7.99. The predicted octanol–water partition coefficient (Wildman–Crippen LogP) is 7.14. The topological polar surface area (TPSA) is 47.0 Å². The fourth-order valence-corrected chi connectivity index (χ4v) is 4.32.